The summed E-state index contributed by atoms with van der Waals surface area (Å²) in [5.74, 6) is 1.57. The molecule has 0 spiro atoms. The molecule has 142 valence electrons. The van der Waals surface area contributed by atoms with Crippen LogP contribution in [-0.4, -0.2) is 60.9 Å². The normalized spacial score (nSPS) is 26.3. The lowest BCUT2D eigenvalue weighted by atomic mass is 9.86. The number of hydrogen-bond donors (Lipinski definition) is 1. The average molecular weight is 350 g/mol. The lowest BCUT2D eigenvalue weighted by Crippen LogP contribution is -2.52. The molecule has 1 saturated carbocycles. The molecule has 2 saturated heterocycles. The third-order valence-corrected chi connectivity index (χ3v) is 6.36. The van der Waals surface area contributed by atoms with Gasteiger partial charge in [-0.2, -0.15) is 0 Å². The van der Waals surface area contributed by atoms with Gasteiger partial charge in [-0.15, -0.1) is 0 Å². The summed E-state index contributed by atoms with van der Waals surface area (Å²) in [7, 11) is 0. The van der Waals surface area contributed by atoms with E-state index in [2.05, 4.69) is 5.32 Å². The Hall–Kier alpha value is -1.10. The van der Waals surface area contributed by atoms with Crippen molar-refractivity contribution in [2.45, 2.75) is 64.2 Å². The van der Waals surface area contributed by atoms with Gasteiger partial charge in [0.05, 0.1) is 0 Å². The van der Waals surface area contributed by atoms with E-state index in [-0.39, 0.29) is 5.92 Å². The summed E-state index contributed by atoms with van der Waals surface area (Å²) < 4.78 is 0. The van der Waals surface area contributed by atoms with Gasteiger partial charge in [-0.05, 0) is 44.7 Å². The molecule has 1 atom stereocenters. The van der Waals surface area contributed by atoms with Crippen LogP contribution in [0.4, 0.5) is 0 Å². The van der Waals surface area contributed by atoms with E-state index in [9.17, 15) is 9.59 Å². The van der Waals surface area contributed by atoms with E-state index < -0.39 is 0 Å². The van der Waals surface area contributed by atoms with E-state index in [1.54, 1.807) is 0 Å². The molecule has 3 rings (SSSR count). The molecule has 5 nitrogen and oxygen atoms in total. The van der Waals surface area contributed by atoms with Crippen LogP contribution in [0.3, 0.4) is 0 Å². The van der Waals surface area contributed by atoms with Crippen LogP contribution in [0.15, 0.2) is 0 Å². The Balaban J connectivity index is 1.38. The molecular weight excluding hydrogens is 314 g/mol. The highest BCUT2D eigenvalue weighted by molar-refractivity contribution is 5.80. The van der Waals surface area contributed by atoms with Crippen LogP contribution in [0.5, 0.6) is 0 Å². The molecule has 0 aromatic heterocycles. The first kappa shape index (κ1) is 18.7. The Bertz CT molecular complexity index is 432. The monoisotopic (exact) mass is 349 g/mol. The molecule has 25 heavy (non-hydrogen) atoms. The first-order valence-corrected chi connectivity index (χ1v) is 10.5. The van der Waals surface area contributed by atoms with E-state index in [0.717, 1.165) is 70.9 Å². The molecule has 1 unspecified atom stereocenters. The molecule has 0 radical (unpaired) electrons. The van der Waals surface area contributed by atoms with Crippen molar-refractivity contribution in [2.75, 3.05) is 39.3 Å². The summed E-state index contributed by atoms with van der Waals surface area (Å²) in [6.45, 7) is 4.87. The number of carbonyl (C=O) groups is 2. The summed E-state index contributed by atoms with van der Waals surface area (Å²) >= 11 is 0. The molecule has 2 heterocycles. The lowest BCUT2D eigenvalue weighted by Gasteiger charge is -2.36. The van der Waals surface area contributed by atoms with Crippen LogP contribution in [-0.2, 0) is 9.59 Å². The molecule has 3 fully saturated rings. The van der Waals surface area contributed by atoms with Crippen LogP contribution >= 0.6 is 0 Å². The Labute approximate surface area is 152 Å². The van der Waals surface area contributed by atoms with Crippen LogP contribution < -0.4 is 5.32 Å². The summed E-state index contributed by atoms with van der Waals surface area (Å²) in [6, 6.07) is 0. The Morgan fingerprint density at radius 2 is 1.52 bits per heavy atom. The van der Waals surface area contributed by atoms with Gasteiger partial charge in [0.25, 0.3) is 0 Å². The van der Waals surface area contributed by atoms with Gasteiger partial charge in [0.15, 0.2) is 0 Å². The molecule has 2 aliphatic heterocycles. The number of piperazine rings is 1. The molecule has 0 bridgehead atoms. The minimum Gasteiger partial charge on any atom is -0.339 e. The molecule has 3 aliphatic rings. The van der Waals surface area contributed by atoms with Crippen molar-refractivity contribution >= 4 is 11.8 Å². The maximum Gasteiger partial charge on any atom is 0.225 e. The SMILES string of the molecule is O=C(CCC1CCCCC1)N1CCN(C(=O)C2CCCNCC2)CC1. The molecule has 1 aliphatic carbocycles. The van der Waals surface area contributed by atoms with Crippen molar-refractivity contribution in [1.29, 1.82) is 0 Å². The topological polar surface area (TPSA) is 52.7 Å². The van der Waals surface area contributed by atoms with Gasteiger partial charge in [-0.3, -0.25) is 9.59 Å². The van der Waals surface area contributed by atoms with Crippen molar-refractivity contribution < 1.29 is 9.59 Å². The number of rotatable bonds is 4. The molecule has 0 aromatic carbocycles. The second-order valence-corrected chi connectivity index (χ2v) is 8.13. The number of nitrogens with one attached hydrogen (secondary N) is 1. The van der Waals surface area contributed by atoms with Gasteiger partial charge in [0.1, 0.15) is 0 Å². The number of nitrogens with zero attached hydrogens (tertiary/aromatic N) is 2. The van der Waals surface area contributed by atoms with Crippen molar-refractivity contribution in [3.63, 3.8) is 0 Å². The lowest BCUT2D eigenvalue weighted by molar-refractivity contribution is -0.142. The van der Waals surface area contributed by atoms with Crippen molar-refractivity contribution in [3.8, 4) is 0 Å². The van der Waals surface area contributed by atoms with Crippen LogP contribution in [0.1, 0.15) is 64.2 Å². The molecule has 5 heteroatoms. The first-order valence-electron chi connectivity index (χ1n) is 10.5. The largest absolute Gasteiger partial charge is 0.339 e. The zero-order valence-corrected chi connectivity index (χ0v) is 15.7. The van der Waals surface area contributed by atoms with Gasteiger partial charge in [0.2, 0.25) is 11.8 Å². The summed E-state index contributed by atoms with van der Waals surface area (Å²) in [4.78, 5) is 29.2. The van der Waals surface area contributed by atoms with E-state index in [0.29, 0.717) is 18.2 Å². The molecular formula is C20H35N3O2. The number of hydrogen-bond acceptors (Lipinski definition) is 3. The fourth-order valence-electron chi connectivity index (χ4n) is 4.66. The van der Waals surface area contributed by atoms with E-state index in [4.69, 9.17) is 0 Å². The Kier molecular flexibility index (Phi) is 7.14. The second kappa shape index (κ2) is 9.56. The number of amides is 2. The van der Waals surface area contributed by atoms with Gasteiger partial charge in [-0.25, -0.2) is 0 Å². The minimum atomic E-state index is 0.184. The van der Waals surface area contributed by atoms with Crippen molar-refractivity contribution in [2.24, 2.45) is 11.8 Å². The predicted octanol–water partition coefficient (Wildman–Crippen LogP) is 2.41. The fraction of sp³-hybridized carbons (Fsp3) is 0.900. The highest BCUT2D eigenvalue weighted by Gasteiger charge is 2.29. The molecule has 1 N–H and O–H groups in total. The van der Waals surface area contributed by atoms with E-state index in [1.807, 2.05) is 9.80 Å². The van der Waals surface area contributed by atoms with Gasteiger partial charge < -0.3 is 15.1 Å². The predicted molar refractivity (Wildman–Crippen MR) is 99.2 cm³/mol. The van der Waals surface area contributed by atoms with Crippen molar-refractivity contribution in [1.82, 2.24) is 15.1 Å². The fourth-order valence-corrected chi connectivity index (χ4v) is 4.66. The third kappa shape index (κ3) is 5.44. The zero-order valence-electron chi connectivity index (χ0n) is 15.7. The van der Waals surface area contributed by atoms with Gasteiger partial charge >= 0.3 is 0 Å². The molecule has 2 amide bonds. The van der Waals surface area contributed by atoms with Crippen LogP contribution in [0.25, 0.3) is 0 Å². The first-order chi connectivity index (χ1) is 12.2. The van der Waals surface area contributed by atoms with E-state index >= 15 is 0 Å². The second-order valence-electron chi connectivity index (χ2n) is 8.13. The van der Waals surface area contributed by atoms with Crippen LogP contribution in [0, 0.1) is 11.8 Å². The van der Waals surface area contributed by atoms with E-state index in [1.165, 1.54) is 32.1 Å². The minimum absolute atomic E-state index is 0.184. The maximum absolute atomic E-state index is 12.7. The zero-order chi connectivity index (χ0) is 17.5. The smallest absolute Gasteiger partial charge is 0.225 e. The van der Waals surface area contributed by atoms with Crippen molar-refractivity contribution in [3.05, 3.63) is 0 Å². The average Bonchev–Trinajstić information content (AvgIpc) is 2.96. The number of carbonyl (C=O) groups excluding carboxylic acids is 2. The van der Waals surface area contributed by atoms with Crippen LogP contribution in [0.2, 0.25) is 0 Å². The standard InChI is InChI=1S/C20H35N3O2/c24-19(9-8-17-5-2-1-3-6-17)22-13-15-23(16-14-22)20(25)18-7-4-11-21-12-10-18/h17-18,21H,1-16H2. The van der Waals surface area contributed by atoms with Gasteiger partial charge in [-0.1, -0.05) is 32.1 Å². The quantitative estimate of drug-likeness (QED) is 0.848. The summed E-state index contributed by atoms with van der Waals surface area (Å²) in [5.41, 5.74) is 0. The highest BCUT2D eigenvalue weighted by atomic mass is 16.2. The molecule has 0 aromatic rings. The summed E-state index contributed by atoms with van der Waals surface area (Å²) in [5, 5.41) is 3.37. The Morgan fingerprint density at radius 1 is 0.800 bits per heavy atom. The van der Waals surface area contributed by atoms with Gasteiger partial charge in [0, 0.05) is 38.5 Å². The highest BCUT2D eigenvalue weighted by Crippen LogP contribution is 2.27. The summed E-state index contributed by atoms with van der Waals surface area (Å²) in [6.07, 6.45) is 11.5. The Morgan fingerprint density at radius 3 is 2.28 bits per heavy atom. The maximum atomic E-state index is 12.7. The third-order valence-electron chi connectivity index (χ3n) is 6.36.